The van der Waals surface area contributed by atoms with Crippen LogP contribution in [0.5, 0.6) is 5.75 Å². The molecule has 0 spiro atoms. The van der Waals surface area contributed by atoms with Crippen LogP contribution in [0.15, 0.2) is 72.8 Å². The summed E-state index contributed by atoms with van der Waals surface area (Å²) in [7, 11) is 1.65. The van der Waals surface area contributed by atoms with E-state index in [1.54, 1.807) is 7.11 Å². The molecular weight excluding hydrogens is 390 g/mol. The van der Waals surface area contributed by atoms with Crippen LogP contribution >= 0.6 is 0 Å². The molecule has 158 valence electrons. The molecule has 2 heterocycles. The number of anilines is 3. The average Bonchev–Trinajstić information content (AvgIpc) is 2.85. The number of carbonyl (C=O) groups excluding carboxylic acids is 1. The smallest absolute Gasteiger partial charge is 0.262 e. The van der Waals surface area contributed by atoms with Crippen molar-refractivity contribution in [3.05, 3.63) is 83.9 Å². The van der Waals surface area contributed by atoms with Crippen molar-refractivity contribution < 1.29 is 14.3 Å². The van der Waals surface area contributed by atoms with E-state index >= 15 is 0 Å². The quantitative estimate of drug-likeness (QED) is 0.689. The van der Waals surface area contributed by atoms with Gasteiger partial charge in [-0.15, -0.1) is 0 Å². The Hall–Kier alpha value is -3.51. The third-order valence-electron chi connectivity index (χ3n) is 5.86. The molecule has 1 saturated heterocycles. The second-order valence-electron chi connectivity index (χ2n) is 7.66. The zero-order chi connectivity index (χ0) is 21.2. The van der Waals surface area contributed by atoms with Crippen LogP contribution in [0.3, 0.4) is 0 Å². The van der Waals surface area contributed by atoms with Crippen LogP contribution in [-0.4, -0.2) is 39.3 Å². The third kappa shape index (κ3) is 3.70. The van der Waals surface area contributed by atoms with E-state index in [-0.39, 0.29) is 12.1 Å². The number of nitrogens with one attached hydrogen (secondary N) is 1. The summed E-state index contributed by atoms with van der Waals surface area (Å²) in [5, 5.41) is 3.55. The van der Waals surface area contributed by atoms with Gasteiger partial charge in [0, 0.05) is 30.2 Å². The fourth-order valence-corrected chi connectivity index (χ4v) is 4.18. The number of fused-ring (bicyclic) bond motifs is 1. The number of carbonyl (C=O) groups is 1. The van der Waals surface area contributed by atoms with Crippen molar-refractivity contribution in [2.75, 3.05) is 48.5 Å². The van der Waals surface area contributed by atoms with Crippen molar-refractivity contribution in [3.8, 4) is 5.75 Å². The van der Waals surface area contributed by atoms with E-state index in [0.717, 1.165) is 54.7 Å². The maximum atomic E-state index is 13.5. The van der Waals surface area contributed by atoms with Crippen LogP contribution in [0.2, 0.25) is 0 Å². The molecule has 0 aliphatic carbocycles. The molecule has 2 aliphatic heterocycles. The van der Waals surface area contributed by atoms with Gasteiger partial charge in [-0.3, -0.25) is 9.69 Å². The van der Waals surface area contributed by atoms with E-state index < -0.39 is 0 Å². The Morgan fingerprint density at radius 2 is 1.58 bits per heavy atom. The predicted octanol–water partition coefficient (Wildman–Crippen LogP) is 4.30. The van der Waals surface area contributed by atoms with E-state index in [2.05, 4.69) is 22.3 Å². The highest BCUT2D eigenvalue weighted by molar-refractivity contribution is 6.12. The van der Waals surface area contributed by atoms with Crippen LogP contribution < -0.4 is 19.9 Å². The second-order valence-corrected chi connectivity index (χ2v) is 7.66. The lowest BCUT2D eigenvalue weighted by atomic mass is 10.0. The summed E-state index contributed by atoms with van der Waals surface area (Å²) in [6.45, 7) is 3.25. The molecule has 0 unspecified atom stereocenters. The highest BCUT2D eigenvalue weighted by Gasteiger charge is 2.34. The summed E-state index contributed by atoms with van der Waals surface area (Å²) in [4.78, 5) is 17.7. The van der Waals surface area contributed by atoms with Gasteiger partial charge >= 0.3 is 0 Å². The Balaban J connectivity index is 1.52. The zero-order valence-electron chi connectivity index (χ0n) is 17.5. The minimum Gasteiger partial charge on any atom is -0.497 e. The summed E-state index contributed by atoms with van der Waals surface area (Å²) < 4.78 is 10.8. The van der Waals surface area contributed by atoms with Crippen molar-refractivity contribution in [1.29, 1.82) is 0 Å². The number of amides is 1. The number of morpholine rings is 1. The highest BCUT2D eigenvalue weighted by atomic mass is 16.5. The molecule has 1 N–H and O–H groups in total. The van der Waals surface area contributed by atoms with E-state index in [1.807, 2.05) is 65.6 Å². The Morgan fingerprint density at radius 1 is 0.903 bits per heavy atom. The molecule has 0 radical (unpaired) electrons. The molecule has 5 rings (SSSR count). The molecule has 3 aromatic rings. The molecule has 3 aromatic carbocycles. The van der Waals surface area contributed by atoms with Crippen molar-refractivity contribution in [1.82, 2.24) is 0 Å². The van der Waals surface area contributed by atoms with Crippen LogP contribution in [-0.2, 0) is 4.74 Å². The highest BCUT2D eigenvalue weighted by Crippen LogP contribution is 2.37. The first-order valence-corrected chi connectivity index (χ1v) is 10.5. The average molecular weight is 415 g/mol. The Morgan fingerprint density at radius 3 is 2.29 bits per heavy atom. The lowest BCUT2D eigenvalue weighted by molar-refractivity contribution is 0.0975. The Bertz CT molecular complexity index is 1060. The maximum Gasteiger partial charge on any atom is 0.262 e. The first kappa shape index (κ1) is 19.5. The van der Waals surface area contributed by atoms with Gasteiger partial charge < -0.3 is 19.7 Å². The fourth-order valence-electron chi connectivity index (χ4n) is 4.18. The van der Waals surface area contributed by atoms with Gasteiger partial charge in [0.25, 0.3) is 5.91 Å². The standard InChI is InChI=1S/C25H25N3O3/c1-30-21-12-6-18(7-13-21)24-26-23-5-3-2-4-22(23)25(29)28(24)20-10-8-19(9-11-20)27-14-16-31-17-15-27/h2-13,24,26H,14-17H2,1H3/t24-/m0/s1. The van der Waals surface area contributed by atoms with Gasteiger partial charge in [-0.2, -0.15) is 0 Å². The normalized spacial score (nSPS) is 18.4. The molecule has 31 heavy (non-hydrogen) atoms. The maximum absolute atomic E-state index is 13.5. The summed E-state index contributed by atoms with van der Waals surface area (Å²) in [5.41, 5.74) is 4.50. The van der Waals surface area contributed by atoms with E-state index in [1.165, 1.54) is 0 Å². The molecule has 6 nitrogen and oxygen atoms in total. The van der Waals surface area contributed by atoms with Crippen molar-refractivity contribution in [2.24, 2.45) is 0 Å². The number of hydrogen-bond acceptors (Lipinski definition) is 5. The molecule has 2 aliphatic rings. The third-order valence-corrected chi connectivity index (χ3v) is 5.86. The summed E-state index contributed by atoms with van der Waals surface area (Å²) in [5.74, 6) is 0.766. The lowest BCUT2D eigenvalue weighted by Crippen LogP contribution is -2.43. The minimum absolute atomic E-state index is 0.0192. The second kappa shape index (κ2) is 8.32. The number of nitrogens with zero attached hydrogens (tertiary/aromatic N) is 2. The number of ether oxygens (including phenoxy) is 2. The van der Waals surface area contributed by atoms with Crippen LogP contribution in [0.1, 0.15) is 22.1 Å². The SMILES string of the molecule is COc1ccc([C@H]2Nc3ccccc3C(=O)N2c2ccc(N3CCOCC3)cc2)cc1. The van der Waals surface area contributed by atoms with Crippen molar-refractivity contribution >= 4 is 23.0 Å². The van der Waals surface area contributed by atoms with Gasteiger partial charge in [-0.05, 0) is 54.1 Å². The summed E-state index contributed by atoms with van der Waals surface area (Å²) >= 11 is 0. The first-order valence-electron chi connectivity index (χ1n) is 10.5. The molecule has 0 aromatic heterocycles. The van der Waals surface area contributed by atoms with Gasteiger partial charge in [-0.25, -0.2) is 0 Å². The molecule has 0 saturated carbocycles. The van der Waals surface area contributed by atoms with E-state index in [4.69, 9.17) is 9.47 Å². The number of para-hydroxylation sites is 1. The molecular formula is C25H25N3O3. The number of rotatable bonds is 4. The van der Waals surface area contributed by atoms with E-state index in [0.29, 0.717) is 5.56 Å². The Kier molecular flexibility index (Phi) is 5.22. The summed E-state index contributed by atoms with van der Waals surface area (Å²) in [6, 6.07) is 23.7. The fraction of sp³-hybridized carbons (Fsp3) is 0.240. The predicted molar refractivity (Wildman–Crippen MR) is 122 cm³/mol. The first-order chi connectivity index (χ1) is 15.2. The van der Waals surface area contributed by atoms with Crippen LogP contribution in [0.4, 0.5) is 17.1 Å². The molecule has 1 amide bonds. The number of hydrogen-bond donors (Lipinski definition) is 1. The molecule has 6 heteroatoms. The molecule has 0 bridgehead atoms. The van der Waals surface area contributed by atoms with Gasteiger partial charge in [0.15, 0.2) is 0 Å². The molecule has 1 atom stereocenters. The van der Waals surface area contributed by atoms with Gasteiger partial charge in [-0.1, -0.05) is 24.3 Å². The zero-order valence-corrected chi connectivity index (χ0v) is 17.5. The van der Waals surface area contributed by atoms with Crippen LogP contribution in [0, 0.1) is 0 Å². The topological polar surface area (TPSA) is 54.0 Å². The van der Waals surface area contributed by atoms with Crippen molar-refractivity contribution in [2.45, 2.75) is 6.17 Å². The Labute approximate surface area is 182 Å². The molecule has 1 fully saturated rings. The minimum atomic E-state index is -0.317. The number of benzene rings is 3. The van der Waals surface area contributed by atoms with Gasteiger partial charge in [0.2, 0.25) is 0 Å². The van der Waals surface area contributed by atoms with Gasteiger partial charge in [0.1, 0.15) is 11.9 Å². The summed E-state index contributed by atoms with van der Waals surface area (Å²) in [6.07, 6.45) is -0.317. The number of methoxy groups -OCH3 is 1. The largest absolute Gasteiger partial charge is 0.497 e. The van der Waals surface area contributed by atoms with E-state index in [9.17, 15) is 4.79 Å². The van der Waals surface area contributed by atoms with Crippen molar-refractivity contribution in [3.63, 3.8) is 0 Å². The monoisotopic (exact) mass is 415 g/mol. The lowest BCUT2D eigenvalue weighted by Gasteiger charge is -2.38. The van der Waals surface area contributed by atoms with Crippen LogP contribution in [0.25, 0.3) is 0 Å². The van der Waals surface area contributed by atoms with Gasteiger partial charge in [0.05, 0.1) is 25.9 Å².